The van der Waals surface area contributed by atoms with E-state index in [0.29, 0.717) is 19.8 Å². The van der Waals surface area contributed by atoms with Gasteiger partial charge in [0.25, 0.3) is 0 Å². The van der Waals surface area contributed by atoms with E-state index in [2.05, 4.69) is 5.32 Å². The van der Waals surface area contributed by atoms with Crippen molar-refractivity contribution >= 4 is 0 Å². The molecule has 5 heteroatoms. The van der Waals surface area contributed by atoms with Crippen molar-refractivity contribution < 1.29 is 19.7 Å². The summed E-state index contributed by atoms with van der Waals surface area (Å²) in [5.41, 5.74) is 0. The maximum absolute atomic E-state index is 9.31. The lowest BCUT2D eigenvalue weighted by Crippen LogP contribution is -2.38. The lowest BCUT2D eigenvalue weighted by atomic mass is 10.4. The SMILES string of the molecule is CC(C)NC(O)COCCOCCO. The van der Waals surface area contributed by atoms with Crippen molar-refractivity contribution in [3.8, 4) is 0 Å². The van der Waals surface area contributed by atoms with Gasteiger partial charge in [0.15, 0.2) is 0 Å². The minimum Gasteiger partial charge on any atom is -0.394 e. The van der Waals surface area contributed by atoms with Crippen LogP contribution in [0.3, 0.4) is 0 Å². The molecule has 0 rings (SSSR count). The van der Waals surface area contributed by atoms with Crippen LogP contribution in [0.2, 0.25) is 0 Å². The quantitative estimate of drug-likeness (QED) is 0.345. The van der Waals surface area contributed by atoms with Crippen LogP contribution in [-0.4, -0.2) is 55.5 Å². The Labute approximate surface area is 85.0 Å². The smallest absolute Gasteiger partial charge is 0.128 e. The van der Waals surface area contributed by atoms with E-state index in [0.717, 1.165) is 0 Å². The average Bonchev–Trinajstić information content (AvgIpc) is 2.10. The monoisotopic (exact) mass is 207 g/mol. The number of nitrogens with one attached hydrogen (secondary N) is 1. The Bertz CT molecular complexity index is 121. The summed E-state index contributed by atoms with van der Waals surface area (Å²) < 4.78 is 10.1. The zero-order chi connectivity index (χ0) is 10.8. The molecule has 14 heavy (non-hydrogen) atoms. The maximum Gasteiger partial charge on any atom is 0.128 e. The van der Waals surface area contributed by atoms with Gasteiger partial charge in [-0.15, -0.1) is 0 Å². The second kappa shape index (κ2) is 9.36. The van der Waals surface area contributed by atoms with Crippen LogP contribution in [0, 0.1) is 0 Å². The van der Waals surface area contributed by atoms with Crippen molar-refractivity contribution in [3.05, 3.63) is 0 Å². The first kappa shape index (κ1) is 13.8. The molecule has 3 N–H and O–H groups in total. The molecule has 0 fully saturated rings. The third-order valence-corrected chi connectivity index (χ3v) is 1.41. The highest BCUT2D eigenvalue weighted by Crippen LogP contribution is 1.85. The lowest BCUT2D eigenvalue weighted by molar-refractivity contribution is -0.0143. The Hall–Kier alpha value is -0.200. The van der Waals surface area contributed by atoms with Crippen LogP contribution in [0.25, 0.3) is 0 Å². The normalized spacial score (nSPS) is 13.5. The van der Waals surface area contributed by atoms with E-state index in [1.54, 1.807) is 0 Å². The molecule has 0 aromatic rings. The Balaban J connectivity index is 3.10. The molecule has 0 saturated carbocycles. The number of hydrogen-bond donors (Lipinski definition) is 3. The molecule has 0 heterocycles. The minimum absolute atomic E-state index is 0.0253. The lowest BCUT2D eigenvalue weighted by Gasteiger charge is -2.15. The average molecular weight is 207 g/mol. The molecule has 0 aromatic heterocycles. The highest BCUT2D eigenvalue weighted by molar-refractivity contribution is 4.56. The first-order valence-electron chi connectivity index (χ1n) is 4.87. The van der Waals surface area contributed by atoms with Crippen LogP contribution >= 0.6 is 0 Å². The van der Waals surface area contributed by atoms with Crippen LogP contribution in [-0.2, 0) is 9.47 Å². The van der Waals surface area contributed by atoms with E-state index < -0.39 is 6.23 Å². The van der Waals surface area contributed by atoms with Crippen molar-refractivity contribution in [3.63, 3.8) is 0 Å². The fourth-order valence-electron chi connectivity index (χ4n) is 0.912. The summed E-state index contributed by atoms with van der Waals surface area (Å²) in [6.07, 6.45) is -0.632. The van der Waals surface area contributed by atoms with Crippen molar-refractivity contribution in [2.45, 2.75) is 26.1 Å². The number of aliphatic hydroxyl groups is 2. The summed E-state index contributed by atoms with van der Waals surface area (Å²) >= 11 is 0. The first-order valence-corrected chi connectivity index (χ1v) is 4.87. The van der Waals surface area contributed by atoms with Gasteiger partial charge in [-0.3, -0.25) is 5.32 Å². The second-order valence-electron chi connectivity index (χ2n) is 3.25. The van der Waals surface area contributed by atoms with Crippen LogP contribution in [0.4, 0.5) is 0 Å². The van der Waals surface area contributed by atoms with Gasteiger partial charge in [-0.1, -0.05) is 0 Å². The summed E-state index contributed by atoms with van der Waals surface area (Å²) in [4.78, 5) is 0. The highest BCUT2D eigenvalue weighted by Gasteiger charge is 2.04. The molecule has 0 radical (unpaired) electrons. The standard InChI is InChI=1S/C9H21NO4/c1-8(2)10-9(12)7-14-6-5-13-4-3-11/h8-12H,3-7H2,1-2H3. The molecule has 86 valence electrons. The van der Waals surface area contributed by atoms with Gasteiger partial charge in [-0.25, -0.2) is 0 Å². The van der Waals surface area contributed by atoms with E-state index in [9.17, 15) is 5.11 Å². The van der Waals surface area contributed by atoms with E-state index >= 15 is 0 Å². The fraction of sp³-hybridized carbons (Fsp3) is 1.00. The van der Waals surface area contributed by atoms with Gasteiger partial charge in [-0.2, -0.15) is 0 Å². The minimum atomic E-state index is -0.632. The zero-order valence-corrected chi connectivity index (χ0v) is 8.90. The predicted octanol–water partition coefficient (Wildman–Crippen LogP) is -0.672. The zero-order valence-electron chi connectivity index (χ0n) is 8.90. The van der Waals surface area contributed by atoms with Gasteiger partial charge < -0.3 is 19.7 Å². The number of rotatable bonds is 9. The first-order chi connectivity index (χ1) is 6.66. The molecular formula is C9H21NO4. The van der Waals surface area contributed by atoms with Crippen LogP contribution in [0.5, 0.6) is 0 Å². The molecule has 0 aromatic carbocycles. The Kier molecular flexibility index (Phi) is 9.23. The van der Waals surface area contributed by atoms with Crippen molar-refractivity contribution in [2.24, 2.45) is 0 Å². The molecule has 0 amide bonds. The molecule has 1 atom stereocenters. The molecule has 0 aliphatic carbocycles. The Morgan fingerprint density at radius 1 is 1.14 bits per heavy atom. The van der Waals surface area contributed by atoms with Gasteiger partial charge in [0, 0.05) is 6.04 Å². The largest absolute Gasteiger partial charge is 0.394 e. The predicted molar refractivity (Wildman–Crippen MR) is 53.0 cm³/mol. The molecule has 0 bridgehead atoms. The molecule has 0 saturated heterocycles. The molecular weight excluding hydrogens is 186 g/mol. The van der Waals surface area contributed by atoms with Gasteiger partial charge >= 0.3 is 0 Å². The van der Waals surface area contributed by atoms with Crippen LogP contribution in [0.15, 0.2) is 0 Å². The van der Waals surface area contributed by atoms with Gasteiger partial charge in [0.2, 0.25) is 0 Å². The van der Waals surface area contributed by atoms with Crippen molar-refractivity contribution in [1.29, 1.82) is 0 Å². The second-order valence-corrected chi connectivity index (χ2v) is 3.25. The summed E-state index contributed by atoms with van der Waals surface area (Å²) in [7, 11) is 0. The van der Waals surface area contributed by atoms with E-state index in [-0.39, 0.29) is 19.3 Å². The summed E-state index contributed by atoms with van der Waals surface area (Å²) in [5, 5.41) is 20.6. The third-order valence-electron chi connectivity index (χ3n) is 1.41. The fourth-order valence-corrected chi connectivity index (χ4v) is 0.912. The van der Waals surface area contributed by atoms with E-state index in [4.69, 9.17) is 14.6 Å². The van der Waals surface area contributed by atoms with Crippen LogP contribution < -0.4 is 5.32 Å². The topological polar surface area (TPSA) is 71.0 Å². The molecule has 0 aliphatic rings. The van der Waals surface area contributed by atoms with Gasteiger partial charge in [0.1, 0.15) is 6.23 Å². The molecule has 0 spiro atoms. The summed E-state index contributed by atoms with van der Waals surface area (Å²) in [6, 6.07) is 0.235. The summed E-state index contributed by atoms with van der Waals surface area (Å²) in [5.74, 6) is 0. The molecule has 1 unspecified atom stereocenters. The van der Waals surface area contributed by atoms with Gasteiger partial charge in [0.05, 0.1) is 33.0 Å². The Morgan fingerprint density at radius 3 is 2.36 bits per heavy atom. The van der Waals surface area contributed by atoms with E-state index in [1.165, 1.54) is 0 Å². The summed E-state index contributed by atoms with van der Waals surface area (Å²) in [6.45, 7) is 5.38. The van der Waals surface area contributed by atoms with Crippen LogP contribution in [0.1, 0.15) is 13.8 Å². The number of hydrogen-bond acceptors (Lipinski definition) is 5. The van der Waals surface area contributed by atoms with Crippen molar-refractivity contribution in [2.75, 3.05) is 33.0 Å². The number of aliphatic hydroxyl groups excluding tert-OH is 2. The highest BCUT2D eigenvalue weighted by atomic mass is 16.5. The Morgan fingerprint density at radius 2 is 1.79 bits per heavy atom. The third kappa shape index (κ3) is 9.88. The van der Waals surface area contributed by atoms with E-state index in [1.807, 2.05) is 13.8 Å². The maximum atomic E-state index is 9.31. The number of ether oxygens (including phenoxy) is 2. The molecule has 5 nitrogen and oxygen atoms in total. The van der Waals surface area contributed by atoms with Gasteiger partial charge in [-0.05, 0) is 13.8 Å². The molecule has 0 aliphatic heterocycles. The van der Waals surface area contributed by atoms with Crippen molar-refractivity contribution in [1.82, 2.24) is 5.32 Å².